The number of hydrogen-bond donors (Lipinski definition) is 5. The van der Waals surface area contributed by atoms with E-state index in [1.54, 1.807) is 32.0 Å². The number of nitrogens with one attached hydrogen (secondary N) is 4. The minimum Gasteiger partial charge on any atom is -0.462 e. The number of carbonyl (C=O) groups is 2. The fraction of sp³-hybridized carbons (Fsp3) is 0.571. The zero-order valence-corrected chi connectivity index (χ0v) is 21.0. The highest BCUT2D eigenvalue weighted by Gasteiger charge is 2.58. The third kappa shape index (κ3) is 6.58. The number of alkyl halides is 1. The number of halogens is 1. The van der Waals surface area contributed by atoms with Crippen molar-refractivity contribution >= 4 is 25.6 Å². The van der Waals surface area contributed by atoms with Gasteiger partial charge in [0.15, 0.2) is 11.9 Å². The van der Waals surface area contributed by atoms with E-state index >= 15 is 4.39 Å². The molecule has 0 saturated carbocycles. The molecule has 0 radical (unpaired) electrons. The molecule has 200 valence electrons. The summed E-state index contributed by atoms with van der Waals surface area (Å²) in [5.41, 5.74) is -0.281. The average molecular weight is 533 g/mol. The van der Waals surface area contributed by atoms with Crippen molar-refractivity contribution in [1.82, 2.24) is 20.8 Å². The average Bonchev–Trinajstić information content (AvgIpc) is 3.03. The maximum absolute atomic E-state index is 15.6. The van der Waals surface area contributed by atoms with Crippen LogP contribution in [0.5, 0.6) is 5.75 Å². The number of hydrogen-bond acceptors (Lipinski definition) is 10. The summed E-state index contributed by atoms with van der Waals surface area (Å²) in [7, 11) is -4.79. The van der Waals surface area contributed by atoms with Crippen molar-refractivity contribution in [3.8, 4) is 5.75 Å². The van der Waals surface area contributed by atoms with Gasteiger partial charge in [0.1, 0.15) is 29.8 Å². The van der Waals surface area contributed by atoms with Crippen LogP contribution in [0.3, 0.4) is 0 Å². The normalized spacial score (nSPS) is 30.2. The number of esters is 1. The van der Waals surface area contributed by atoms with Crippen LogP contribution in [0.4, 0.5) is 9.18 Å². The molecule has 5 N–H and O–H groups in total. The van der Waals surface area contributed by atoms with E-state index in [0.717, 1.165) is 6.92 Å². The standard InChI is InChI=1S/C21H31FN5O8P/c1-12(2)33-18(29)13(3)26-36(31,35-14-8-6-5-7-9-14)32-11-15-17(28)21(4,22)19(34-15)27-20(30)25-16(23)10-24-27/h5-9,12-13,15,17,19,24,28H,10-11H2,1-4H3,(H,26,31)(H2,23,25,30)/t13-,15+,17+,19+,21+,36-/m0/s1/i11D2. The summed E-state index contributed by atoms with van der Waals surface area (Å²) in [5, 5.41) is 23.3. The number of benzene rings is 1. The molecular weight excluding hydrogens is 500 g/mol. The first kappa shape index (κ1) is 25.1. The Bertz CT molecular complexity index is 1100. The minimum atomic E-state index is -4.79. The summed E-state index contributed by atoms with van der Waals surface area (Å²) in [5.74, 6) is -1.04. The van der Waals surface area contributed by atoms with E-state index in [0.29, 0.717) is 5.01 Å². The quantitative estimate of drug-likeness (QED) is 0.219. The molecule has 2 aliphatic heterocycles. The first-order chi connectivity index (χ1) is 17.6. The fourth-order valence-electron chi connectivity index (χ4n) is 3.29. The van der Waals surface area contributed by atoms with Gasteiger partial charge >= 0.3 is 19.7 Å². The molecule has 0 aromatic heterocycles. The molecule has 2 aliphatic rings. The first-order valence-corrected chi connectivity index (χ1v) is 12.6. The van der Waals surface area contributed by atoms with E-state index < -0.39 is 62.6 Å². The number of aliphatic hydroxyl groups is 1. The Morgan fingerprint density at radius 1 is 1.44 bits per heavy atom. The van der Waals surface area contributed by atoms with Crippen molar-refractivity contribution in [3.05, 3.63) is 30.3 Å². The molecule has 36 heavy (non-hydrogen) atoms. The second kappa shape index (κ2) is 11.2. The summed E-state index contributed by atoms with van der Waals surface area (Å²) < 4.78 is 67.3. The van der Waals surface area contributed by atoms with Gasteiger partial charge in [-0.15, -0.1) is 0 Å². The molecule has 6 atom stereocenters. The van der Waals surface area contributed by atoms with E-state index in [9.17, 15) is 19.3 Å². The number of nitrogens with zero attached hydrogens (tertiary/aromatic N) is 1. The molecule has 2 saturated heterocycles. The Balaban J connectivity index is 1.87. The zero-order valence-electron chi connectivity index (χ0n) is 22.1. The number of hydrazine groups is 1. The molecular formula is C21H31FN5O8P. The maximum Gasteiger partial charge on any atom is 0.459 e. The number of amides is 2. The van der Waals surface area contributed by atoms with Gasteiger partial charge in [-0.3, -0.25) is 20.0 Å². The zero-order chi connectivity index (χ0) is 28.5. The second-order valence-electron chi connectivity index (χ2n) is 8.57. The van der Waals surface area contributed by atoms with Crippen molar-refractivity contribution < 1.29 is 44.9 Å². The van der Waals surface area contributed by atoms with Gasteiger partial charge in [0, 0.05) is 0 Å². The van der Waals surface area contributed by atoms with E-state index in [1.807, 2.05) is 0 Å². The summed E-state index contributed by atoms with van der Waals surface area (Å²) in [4.78, 5) is 24.6. The molecule has 2 fully saturated rings. The molecule has 0 aliphatic carbocycles. The number of amidine groups is 1. The molecule has 0 spiro atoms. The highest BCUT2D eigenvalue weighted by molar-refractivity contribution is 7.52. The predicted octanol–water partition coefficient (Wildman–Crippen LogP) is 1.44. The lowest BCUT2D eigenvalue weighted by atomic mass is 9.98. The van der Waals surface area contributed by atoms with Gasteiger partial charge in [-0.1, -0.05) is 18.2 Å². The predicted molar refractivity (Wildman–Crippen MR) is 125 cm³/mol. The maximum atomic E-state index is 15.6. The van der Waals surface area contributed by atoms with Crippen LogP contribution < -0.4 is 20.4 Å². The lowest BCUT2D eigenvalue weighted by molar-refractivity contribution is -0.149. The number of ether oxygens (including phenoxy) is 2. The molecule has 0 bridgehead atoms. The van der Waals surface area contributed by atoms with E-state index in [2.05, 4.69) is 15.8 Å². The number of aliphatic hydroxyl groups excluding tert-OH is 1. The van der Waals surface area contributed by atoms with Crippen LogP contribution in [-0.2, 0) is 23.4 Å². The van der Waals surface area contributed by atoms with Gasteiger partial charge in [-0.25, -0.2) is 24.2 Å². The molecule has 15 heteroatoms. The van der Waals surface area contributed by atoms with Crippen LogP contribution in [0.25, 0.3) is 0 Å². The molecule has 3 rings (SSSR count). The Kier molecular flexibility index (Phi) is 7.79. The summed E-state index contributed by atoms with van der Waals surface area (Å²) in [6.45, 7) is 1.99. The van der Waals surface area contributed by atoms with Gasteiger partial charge < -0.3 is 19.1 Å². The summed E-state index contributed by atoms with van der Waals surface area (Å²) in [6, 6.07) is 5.27. The molecule has 2 heterocycles. The van der Waals surface area contributed by atoms with Crippen LogP contribution in [-0.4, -0.2) is 77.3 Å². The lowest BCUT2D eigenvalue weighted by Crippen LogP contribution is -2.65. The Labute approximate surface area is 210 Å². The van der Waals surface area contributed by atoms with Crippen LogP contribution in [0, 0.1) is 5.41 Å². The second-order valence-corrected chi connectivity index (χ2v) is 10.2. The molecule has 13 nitrogen and oxygen atoms in total. The van der Waals surface area contributed by atoms with Crippen LogP contribution in [0.1, 0.15) is 30.4 Å². The van der Waals surface area contributed by atoms with Crippen molar-refractivity contribution in [1.29, 1.82) is 5.41 Å². The summed E-state index contributed by atoms with van der Waals surface area (Å²) >= 11 is 0. The molecule has 1 aromatic carbocycles. The monoisotopic (exact) mass is 533 g/mol. The number of urea groups is 1. The number of rotatable bonds is 10. The van der Waals surface area contributed by atoms with Gasteiger partial charge in [0.25, 0.3) is 0 Å². The van der Waals surface area contributed by atoms with Crippen molar-refractivity contribution in [3.63, 3.8) is 0 Å². The third-order valence-corrected chi connectivity index (χ3v) is 6.58. The Morgan fingerprint density at radius 3 is 2.72 bits per heavy atom. The largest absolute Gasteiger partial charge is 0.462 e. The minimum absolute atomic E-state index is 0.0127. The van der Waals surface area contributed by atoms with Crippen LogP contribution in [0.2, 0.25) is 0 Å². The van der Waals surface area contributed by atoms with Crippen molar-refractivity contribution in [2.45, 2.75) is 63.9 Å². The van der Waals surface area contributed by atoms with Gasteiger partial charge in [0.05, 0.1) is 21.9 Å². The van der Waals surface area contributed by atoms with Gasteiger partial charge in [-0.05, 0) is 39.8 Å². The highest BCUT2D eigenvalue weighted by Crippen LogP contribution is 2.46. The fourth-order valence-corrected chi connectivity index (χ4v) is 4.65. The lowest BCUT2D eigenvalue weighted by Gasteiger charge is -2.36. The molecule has 2 amide bonds. The van der Waals surface area contributed by atoms with Crippen molar-refractivity contribution in [2.75, 3.05) is 13.1 Å². The third-order valence-electron chi connectivity index (χ3n) is 5.08. The topological polar surface area (TPSA) is 172 Å². The van der Waals surface area contributed by atoms with Crippen molar-refractivity contribution in [2.24, 2.45) is 0 Å². The van der Waals surface area contributed by atoms with Gasteiger partial charge in [0.2, 0.25) is 0 Å². The van der Waals surface area contributed by atoms with E-state index in [4.69, 9.17) is 26.7 Å². The molecule has 1 aromatic rings. The Morgan fingerprint density at radius 2 is 2.11 bits per heavy atom. The Hall–Kier alpha value is -2.61. The highest BCUT2D eigenvalue weighted by atomic mass is 31.2. The number of carbonyl (C=O) groups excluding carboxylic acids is 2. The first-order valence-electron chi connectivity index (χ1n) is 12.0. The van der Waals surface area contributed by atoms with E-state index in [1.165, 1.54) is 19.1 Å². The summed E-state index contributed by atoms with van der Waals surface area (Å²) in [6.07, 6.45) is -6.70. The number of para-hydroxylation sites is 1. The molecule has 0 unspecified atom stereocenters. The van der Waals surface area contributed by atoms with Gasteiger partial charge in [-0.2, -0.15) is 5.09 Å². The smallest absolute Gasteiger partial charge is 0.459 e. The van der Waals surface area contributed by atoms with Crippen LogP contribution in [0.15, 0.2) is 30.3 Å². The SMILES string of the molecule is [2H]C([2H])(O[P@@](=O)(N[C@@H](C)C(=O)OC(C)C)Oc1ccccc1)[C@H]1O[C@@H](N2NCC(=N)NC2=O)[C@](C)(F)[C@@H]1O. The van der Waals surface area contributed by atoms with Crippen LogP contribution >= 0.6 is 7.75 Å². The van der Waals surface area contributed by atoms with E-state index in [-0.39, 0.29) is 18.1 Å².